The summed E-state index contributed by atoms with van der Waals surface area (Å²) in [5.41, 5.74) is 5.88. The zero-order valence-electron chi connectivity index (χ0n) is 11.2. The number of aliphatic hydroxyl groups is 1. The van der Waals surface area contributed by atoms with E-state index in [9.17, 15) is 4.79 Å². The SMILES string of the molecule is NC1CCC(CC(=O)N2CCC(CCO)C2)CC1. The van der Waals surface area contributed by atoms with Gasteiger partial charge < -0.3 is 15.7 Å². The summed E-state index contributed by atoms with van der Waals surface area (Å²) in [5, 5.41) is 8.92. The van der Waals surface area contributed by atoms with Crippen LogP contribution in [-0.2, 0) is 4.79 Å². The molecule has 4 heteroatoms. The highest BCUT2D eigenvalue weighted by Gasteiger charge is 2.28. The fourth-order valence-corrected chi connectivity index (χ4v) is 3.25. The minimum absolute atomic E-state index is 0.243. The molecule has 0 spiro atoms. The Morgan fingerprint density at radius 1 is 1.17 bits per heavy atom. The molecule has 1 unspecified atom stereocenters. The molecule has 1 aliphatic carbocycles. The summed E-state index contributed by atoms with van der Waals surface area (Å²) in [6.07, 6.45) is 6.97. The normalized spacial score (nSPS) is 32.8. The maximum Gasteiger partial charge on any atom is 0.222 e. The van der Waals surface area contributed by atoms with Gasteiger partial charge in [0.2, 0.25) is 5.91 Å². The van der Waals surface area contributed by atoms with Gasteiger partial charge in [0.1, 0.15) is 0 Å². The summed E-state index contributed by atoms with van der Waals surface area (Å²) in [5.74, 6) is 1.38. The maximum atomic E-state index is 12.2. The van der Waals surface area contributed by atoms with Crippen LogP contribution in [0.5, 0.6) is 0 Å². The van der Waals surface area contributed by atoms with Crippen molar-refractivity contribution in [2.24, 2.45) is 17.6 Å². The third kappa shape index (κ3) is 3.69. The Balaban J connectivity index is 1.72. The van der Waals surface area contributed by atoms with E-state index in [0.717, 1.165) is 51.6 Å². The molecule has 0 radical (unpaired) electrons. The zero-order valence-corrected chi connectivity index (χ0v) is 11.2. The van der Waals surface area contributed by atoms with Crippen LogP contribution in [-0.4, -0.2) is 41.7 Å². The average Bonchev–Trinajstić information content (AvgIpc) is 2.81. The lowest BCUT2D eigenvalue weighted by Crippen LogP contribution is -2.33. The van der Waals surface area contributed by atoms with Crippen molar-refractivity contribution in [2.75, 3.05) is 19.7 Å². The third-order valence-corrected chi connectivity index (χ3v) is 4.53. The summed E-state index contributed by atoms with van der Waals surface area (Å²) in [4.78, 5) is 14.2. The van der Waals surface area contributed by atoms with E-state index in [1.807, 2.05) is 4.90 Å². The lowest BCUT2D eigenvalue weighted by Gasteiger charge is -2.27. The molecule has 0 bridgehead atoms. The Morgan fingerprint density at radius 2 is 1.89 bits per heavy atom. The molecule has 1 aliphatic heterocycles. The van der Waals surface area contributed by atoms with E-state index in [-0.39, 0.29) is 6.61 Å². The van der Waals surface area contributed by atoms with Crippen LogP contribution in [0.25, 0.3) is 0 Å². The number of aliphatic hydroxyl groups excluding tert-OH is 1. The number of hydrogen-bond acceptors (Lipinski definition) is 3. The Kier molecular flexibility index (Phi) is 5.01. The summed E-state index contributed by atoms with van der Waals surface area (Å²) in [7, 11) is 0. The van der Waals surface area contributed by atoms with Crippen molar-refractivity contribution in [3.8, 4) is 0 Å². The van der Waals surface area contributed by atoms with E-state index in [0.29, 0.717) is 30.2 Å². The molecule has 104 valence electrons. The highest BCUT2D eigenvalue weighted by atomic mass is 16.3. The average molecular weight is 254 g/mol. The molecule has 0 aromatic heterocycles. The molecule has 2 rings (SSSR count). The lowest BCUT2D eigenvalue weighted by molar-refractivity contribution is -0.131. The van der Waals surface area contributed by atoms with Crippen LogP contribution in [0.4, 0.5) is 0 Å². The van der Waals surface area contributed by atoms with E-state index in [2.05, 4.69) is 0 Å². The number of likely N-dealkylation sites (tertiary alicyclic amines) is 1. The first kappa shape index (κ1) is 13.8. The molecule has 2 fully saturated rings. The molecule has 1 saturated carbocycles. The van der Waals surface area contributed by atoms with Gasteiger partial charge in [-0.2, -0.15) is 0 Å². The predicted octanol–water partition coefficient (Wildman–Crippen LogP) is 1.12. The molecule has 0 aromatic carbocycles. The maximum absolute atomic E-state index is 12.2. The topological polar surface area (TPSA) is 66.6 Å². The van der Waals surface area contributed by atoms with Crippen LogP contribution >= 0.6 is 0 Å². The van der Waals surface area contributed by atoms with Gasteiger partial charge in [-0.15, -0.1) is 0 Å². The quantitative estimate of drug-likeness (QED) is 0.790. The summed E-state index contributed by atoms with van der Waals surface area (Å²) in [6.45, 7) is 1.98. The van der Waals surface area contributed by atoms with Gasteiger partial charge in [-0.25, -0.2) is 0 Å². The van der Waals surface area contributed by atoms with Gasteiger partial charge in [0.15, 0.2) is 0 Å². The second kappa shape index (κ2) is 6.53. The Labute approximate surface area is 110 Å². The minimum Gasteiger partial charge on any atom is -0.396 e. The van der Waals surface area contributed by atoms with Gasteiger partial charge in [-0.1, -0.05) is 0 Å². The fraction of sp³-hybridized carbons (Fsp3) is 0.929. The highest BCUT2D eigenvalue weighted by molar-refractivity contribution is 5.76. The van der Waals surface area contributed by atoms with Crippen LogP contribution in [0.2, 0.25) is 0 Å². The number of rotatable bonds is 4. The summed E-state index contributed by atoms with van der Waals surface area (Å²) in [6, 6.07) is 0.358. The monoisotopic (exact) mass is 254 g/mol. The summed E-state index contributed by atoms with van der Waals surface area (Å²) < 4.78 is 0. The van der Waals surface area contributed by atoms with Crippen molar-refractivity contribution in [2.45, 2.75) is 51.0 Å². The first-order valence-corrected chi connectivity index (χ1v) is 7.33. The van der Waals surface area contributed by atoms with E-state index in [4.69, 9.17) is 10.8 Å². The van der Waals surface area contributed by atoms with E-state index in [1.165, 1.54) is 0 Å². The molecule has 1 amide bonds. The predicted molar refractivity (Wildman–Crippen MR) is 70.9 cm³/mol. The summed E-state index contributed by atoms with van der Waals surface area (Å²) >= 11 is 0. The van der Waals surface area contributed by atoms with Gasteiger partial charge in [-0.05, 0) is 50.4 Å². The smallest absolute Gasteiger partial charge is 0.222 e. The van der Waals surface area contributed by atoms with Crippen LogP contribution in [0, 0.1) is 11.8 Å². The standard InChI is InChI=1S/C14H26N2O2/c15-13-3-1-11(2-4-13)9-14(18)16-7-5-12(10-16)6-8-17/h11-13,17H,1-10,15H2. The molecule has 3 N–H and O–H groups in total. The first-order valence-electron chi connectivity index (χ1n) is 7.33. The van der Waals surface area contributed by atoms with Crippen LogP contribution in [0.15, 0.2) is 0 Å². The van der Waals surface area contributed by atoms with Crippen molar-refractivity contribution in [1.82, 2.24) is 4.90 Å². The van der Waals surface area contributed by atoms with Gasteiger partial charge >= 0.3 is 0 Å². The molecule has 18 heavy (non-hydrogen) atoms. The first-order chi connectivity index (χ1) is 8.69. The zero-order chi connectivity index (χ0) is 13.0. The largest absolute Gasteiger partial charge is 0.396 e. The number of nitrogens with two attached hydrogens (primary N) is 1. The fourth-order valence-electron chi connectivity index (χ4n) is 3.25. The number of nitrogens with zero attached hydrogens (tertiary/aromatic N) is 1. The Bertz CT molecular complexity index is 275. The number of hydrogen-bond donors (Lipinski definition) is 2. The van der Waals surface area contributed by atoms with Gasteiger partial charge in [0, 0.05) is 32.2 Å². The van der Waals surface area contributed by atoms with Gasteiger partial charge in [0.05, 0.1) is 0 Å². The molecule has 1 heterocycles. The molecule has 0 aromatic rings. The van der Waals surface area contributed by atoms with Gasteiger partial charge in [0.25, 0.3) is 0 Å². The van der Waals surface area contributed by atoms with Crippen LogP contribution in [0.3, 0.4) is 0 Å². The van der Waals surface area contributed by atoms with Crippen molar-refractivity contribution in [3.63, 3.8) is 0 Å². The molecular formula is C14H26N2O2. The van der Waals surface area contributed by atoms with Crippen molar-refractivity contribution < 1.29 is 9.90 Å². The highest BCUT2D eigenvalue weighted by Crippen LogP contribution is 2.28. The second-order valence-corrected chi connectivity index (χ2v) is 5.99. The van der Waals surface area contributed by atoms with E-state index < -0.39 is 0 Å². The van der Waals surface area contributed by atoms with Crippen molar-refractivity contribution in [3.05, 3.63) is 0 Å². The van der Waals surface area contributed by atoms with Crippen molar-refractivity contribution in [1.29, 1.82) is 0 Å². The van der Waals surface area contributed by atoms with Gasteiger partial charge in [-0.3, -0.25) is 4.79 Å². The van der Waals surface area contributed by atoms with E-state index >= 15 is 0 Å². The van der Waals surface area contributed by atoms with E-state index in [1.54, 1.807) is 0 Å². The third-order valence-electron chi connectivity index (χ3n) is 4.53. The molecular weight excluding hydrogens is 228 g/mol. The Hall–Kier alpha value is -0.610. The van der Waals surface area contributed by atoms with Crippen LogP contribution in [0.1, 0.15) is 44.9 Å². The number of carbonyl (C=O) groups is 1. The lowest BCUT2D eigenvalue weighted by atomic mass is 9.84. The molecule has 2 aliphatic rings. The van der Waals surface area contributed by atoms with Crippen molar-refractivity contribution >= 4 is 5.91 Å². The minimum atomic E-state index is 0.243. The Morgan fingerprint density at radius 3 is 2.56 bits per heavy atom. The second-order valence-electron chi connectivity index (χ2n) is 5.99. The number of carbonyl (C=O) groups excluding carboxylic acids is 1. The van der Waals surface area contributed by atoms with Crippen LogP contribution < -0.4 is 5.73 Å². The molecule has 4 nitrogen and oxygen atoms in total. The molecule has 1 saturated heterocycles. The molecule has 1 atom stereocenters. The number of amides is 1.